The summed E-state index contributed by atoms with van der Waals surface area (Å²) in [5, 5.41) is 1.22. The summed E-state index contributed by atoms with van der Waals surface area (Å²) in [6.07, 6.45) is -0.398. The maximum atomic E-state index is 13.2. The van der Waals surface area contributed by atoms with Crippen molar-refractivity contribution in [3.05, 3.63) is 57.4 Å². The largest absolute Gasteiger partial charge is 0.492 e. The zero-order chi connectivity index (χ0) is 24.9. The highest BCUT2D eigenvalue weighted by atomic mass is 35.5. The number of hydrogen-bond acceptors (Lipinski definition) is 4. The Balaban J connectivity index is 1.75. The van der Waals surface area contributed by atoms with Crippen LogP contribution in [-0.4, -0.2) is 12.6 Å². The summed E-state index contributed by atoms with van der Waals surface area (Å²) in [6.45, 7) is 6.22. The fourth-order valence-electron chi connectivity index (χ4n) is 3.84. The zero-order valence-corrected chi connectivity index (χ0v) is 21.0. The Morgan fingerprint density at radius 1 is 1.12 bits per heavy atom. The Morgan fingerprint density at radius 2 is 1.88 bits per heavy atom. The van der Waals surface area contributed by atoms with Crippen molar-refractivity contribution in [3.63, 3.8) is 0 Å². The van der Waals surface area contributed by atoms with E-state index in [9.17, 15) is 18.0 Å². The molecule has 0 aliphatic heterocycles. The molecule has 0 saturated carbocycles. The van der Waals surface area contributed by atoms with E-state index in [4.69, 9.17) is 21.1 Å². The second-order valence-corrected chi connectivity index (χ2v) is 9.69. The van der Waals surface area contributed by atoms with Crippen molar-refractivity contribution >= 4 is 39.0 Å². The molecule has 0 spiro atoms. The van der Waals surface area contributed by atoms with Gasteiger partial charge in [-0.25, -0.2) is 0 Å². The van der Waals surface area contributed by atoms with Gasteiger partial charge >= 0.3 is 12.1 Å². The van der Waals surface area contributed by atoms with E-state index in [1.807, 2.05) is 6.92 Å². The van der Waals surface area contributed by atoms with Gasteiger partial charge in [-0.15, -0.1) is 11.3 Å². The van der Waals surface area contributed by atoms with Gasteiger partial charge in [-0.3, -0.25) is 4.79 Å². The third kappa shape index (κ3) is 6.45. The Morgan fingerprint density at radius 3 is 2.53 bits per heavy atom. The minimum absolute atomic E-state index is 0.176. The molecule has 1 atom stereocenters. The third-order valence-corrected chi connectivity index (χ3v) is 7.44. The van der Waals surface area contributed by atoms with Gasteiger partial charge in [-0.05, 0) is 60.9 Å². The first-order valence-electron chi connectivity index (χ1n) is 11.4. The van der Waals surface area contributed by atoms with Crippen molar-refractivity contribution in [3.8, 4) is 11.5 Å². The molecule has 3 rings (SSSR count). The van der Waals surface area contributed by atoms with Crippen molar-refractivity contribution in [2.24, 2.45) is 0 Å². The molecule has 0 bridgehead atoms. The normalized spacial score (nSPS) is 12.7. The fourth-order valence-corrected chi connectivity index (χ4v) is 5.49. The first-order valence-corrected chi connectivity index (χ1v) is 12.6. The van der Waals surface area contributed by atoms with Crippen LogP contribution in [0.25, 0.3) is 10.1 Å². The number of unbranched alkanes of at least 4 members (excludes halogenated alkanes) is 1. The van der Waals surface area contributed by atoms with Crippen LogP contribution in [0.2, 0.25) is 5.02 Å². The van der Waals surface area contributed by atoms with Gasteiger partial charge in [-0.1, -0.05) is 44.4 Å². The molecule has 2 aromatic carbocycles. The van der Waals surface area contributed by atoms with Gasteiger partial charge in [0.15, 0.2) is 0 Å². The van der Waals surface area contributed by atoms with Crippen molar-refractivity contribution in [2.45, 2.75) is 65.0 Å². The van der Waals surface area contributed by atoms with Crippen LogP contribution in [0.3, 0.4) is 0 Å². The number of carbonyl (C=O) groups excluding carboxylic acids is 1. The fraction of sp³-hybridized carbons (Fsp3) is 0.423. The van der Waals surface area contributed by atoms with Crippen LogP contribution in [-0.2, 0) is 11.0 Å². The molecule has 0 saturated heterocycles. The lowest BCUT2D eigenvalue weighted by Gasteiger charge is -2.17. The molecule has 3 aromatic rings. The minimum atomic E-state index is -4.36. The van der Waals surface area contributed by atoms with Gasteiger partial charge in [0, 0.05) is 22.1 Å². The Labute approximate surface area is 206 Å². The minimum Gasteiger partial charge on any atom is -0.492 e. The van der Waals surface area contributed by atoms with E-state index in [0.29, 0.717) is 34.2 Å². The van der Waals surface area contributed by atoms with Crippen LogP contribution in [0.15, 0.2) is 36.4 Å². The van der Waals surface area contributed by atoms with E-state index >= 15 is 0 Å². The maximum absolute atomic E-state index is 13.2. The summed E-state index contributed by atoms with van der Waals surface area (Å²) in [4.78, 5) is 12.6. The Kier molecular flexibility index (Phi) is 8.88. The summed E-state index contributed by atoms with van der Waals surface area (Å²) >= 11 is 7.74. The lowest BCUT2D eigenvalue weighted by atomic mass is 9.94. The number of thiophene rings is 1. The van der Waals surface area contributed by atoms with E-state index in [1.165, 1.54) is 17.4 Å². The number of halogens is 4. The number of fused-ring (bicyclic) bond motifs is 1. The highest BCUT2D eigenvalue weighted by molar-refractivity contribution is 7.19. The summed E-state index contributed by atoms with van der Waals surface area (Å²) < 4.78 is 51.2. The molecular formula is C26H28ClF3O3S. The van der Waals surface area contributed by atoms with E-state index in [0.717, 1.165) is 41.2 Å². The molecule has 0 aliphatic rings. The molecule has 1 aromatic heterocycles. The highest BCUT2D eigenvalue weighted by Gasteiger charge is 2.31. The van der Waals surface area contributed by atoms with Gasteiger partial charge in [0.25, 0.3) is 0 Å². The van der Waals surface area contributed by atoms with Crippen LogP contribution in [0.5, 0.6) is 11.5 Å². The number of alkyl halides is 3. The number of hydrogen-bond donors (Lipinski definition) is 0. The van der Waals surface area contributed by atoms with E-state index < -0.39 is 11.7 Å². The van der Waals surface area contributed by atoms with Crippen molar-refractivity contribution in [2.75, 3.05) is 6.61 Å². The predicted octanol–water partition coefficient (Wildman–Crippen LogP) is 8.94. The summed E-state index contributed by atoms with van der Waals surface area (Å²) in [6, 6.07) is 8.83. The molecule has 0 aliphatic carbocycles. The molecule has 1 unspecified atom stereocenters. The van der Waals surface area contributed by atoms with Crippen LogP contribution in [0.4, 0.5) is 13.2 Å². The molecule has 0 N–H and O–H groups in total. The quantitative estimate of drug-likeness (QED) is 0.201. The van der Waals surface area contributed by atoms with Crippen molar-refractivity contribution in [1.29, 1.82) is 0 Å². The van der Waals surface area contributed by atoms with Crippen LogP contribution in [0.1, 0.15) is 67.9 Å². The molecule has 3 nitrogen and oxygen atoms in total. The average molecular weight is 513 g/mol. The van der Waals surface area contributed by atoms with Crippen LogP contribution < -0.4 is 9.47 Å². The number of aryl methyl sites for hydroxylation is 1. The molecule has 0 radical (unpaired) electrons. The summed E-state index contributed by atoms with van der Waals surface area (Å²) in [5.41, 5.74) is 0.416. The SMILES string of the molecule is CCCCC(CCOc1ccc(OC(=O)CC)cc1Cl)c1sc2cc(C(F)(F)F)ccc2c1C. The van der Waals surface area contributed by atoms with Crippen LogP contribution in [0, 0.1) is 6.92 Å². The smallest absolute Gasteiger partial charge is 0.416 e. The highest BCUT2D eigenvalue weighted by Crippen LogP contribution is 2.41. The molecule has 184 valence electrons. The number of ether oxygens (including phenoxy) is 2. The predicted molar refractivity (Wildman–Crippen MR) is 131 cm³/mol. The third-order valence-electron chi connectivity index (χ3n) is 5.73. The second kappa shape index (κ2) is 11.5. The monoisotopic (exact) mass is 512 g/mol. The van der Waals surface area contributed by atoms with Gasteiger partial charge in [0.2, 0.25) is 0 Å². The maximum Gasteiger partial charge on any atom is 0.416 e. The lowest BCUT2D eigenvalue weighted by Crippen LogP contribution is -2.07. The number of rotatable bonds is 10. The number of carbonyl (C=O) groups is 1. The van der Waals surface area contributed by atoms with Gasteiger partial charge in [0.05, 0.1) is 17.2 Å². The second-order valence-electron chi connectivity index (χ2n) is 8.20. The lowest BCUT2D eigenvalue weighted by molar-refractivity contribution is -0.137. The topological polar surface area (TPSA) is 35.5 Å². The Hall–Kier alpha value is -2.25. The first kappa shape index (κ1) is 26.4. The van der Waals surface area contributed by atoms with E-state index in [1.54, 1.807) is 31.2 Å². The number of benzene rings is 2. The Bertz CT molecular complexity index is 1140. The molecule has 0 fully saturated rings. The summed E-state index contributed by atoms with van der Waals surface area (Å²) in [5.74, 6) is 0.694. The summed E-state index contributed by atoms with van der Waals surface area (Å²) in [7, 11) is 0. The van der Waals surface area contributed by atoms with E-state index in [-0.39, 0.29) is 18.3 Å². The van der Waals surface area contributed by atoms with Crippen LogP contribution >= 0.6 is 22.9 Å². The van der Waals surface area contributed by atoms with Crippen molar-refractivity contribution < 1.29 is 27.4 Å². The molecule has 8 heteroatoms. The standard InChI is InChI=1S/C26H28ClF3O3S/c1-4-6-7-17(12-13-32-22-11-9-19(15-21(22)27)33-24(31)5-2)25-16(3)20-10-8-18(26(28,29)30)14-23(20)34-25/h8-11,14-15,17H,4-7,12-13H2,1-3H3. The van der Waals surface area contributed by atoms with Gasteiger partial charge in [-0.2, -0.15) is 13.2 Å². The molecule has 0 amide bonds. The van der Waals surface area contributed by atoms with E-state index in [2.05, 4.69) is 6.92 Å². The zero-order valence-electron chi connectivity index (χ0n) is 19.4. The molecule has 1 heterocycles. The van der Waals surface area contributed by atoms with Crippen molar-refractivity contribution in [1.82, 2.24) is 0 Å². The first-order chi connectivity index (χ1) is 16.1. The number of esters is 1. The molecular weight excluding hydrogens is 485 g/mol. The van der Waals surface area contributed by atoms with Gasteiger partial charge < -0.3 is 9.47 Å². The average Bonchev–Trinajstić information content (AvgIpc) is 3.12. The molecule has 34 heavy (non-hydrogen) atoms. The van der Waals surface area contributed by atoms with Gasteiger partial charge in [0.1, 0.15) is 11.5 Å².